The Bertz CT molecular complexity index is 443. The van der Waals surface area contributed by atoms with Gasteiger partial charge in [-0.3, -0.25) is 0 Å². The van der Waals surface area contributed by atoms with Crippen LogP contribution in [0, 0.1) is 0 Å². The van der Waals surface area contributed by atoms with E-state index in [4.69, 9.17) is 9.84 Å². The van der Waals surface area contributed by atoms with Gasteiger partial charge in [-0.15, -0.1) is 11.3 Å². The maximum atomic E-state index is 11.6. The fourth-order valence-electron chi connectivity index (χ4n) is 2.00. The Balaban J connectivity index is 2.07. The van der Waals surface area contributed by atoms with Gasteiger partial charge in [0.25, 0.3) is 0 Å². The first-order chi connectivity index (χ1) is 8.61. The van der Waals surface area contributed by atoms with E-state index >= 15 is 0 Å². The zero-order chi connectivity index (χ0) is 13.1. The summed E-state index contributed by atoms with van der Waals surface area (Å²) < 4.78 is 4.97. The number of amides is 1. The van der Waals surface area contributed by atoms with Crippen LogP contribution in [-0.4, -0.2) is 41.8 Å². The van der Waals surface area contributed by atoms with E-state index in [1.807, 2.05) is 0 Å². The van der Waals surface area contributed by atoms with Crippen LogP contribution in [0.15, 0.2) is 6.07 Å². The van der Waals surface area contributed by atoms with Crippen molar-refractivity contribution in [3.8, 4) is 0 Å². The van der Waals surface area contributed by atoms with E-state index in [1.54, 1.807) is 17.9 Å². The van der Waals surface area contributed by atoms with Gasteiger partial charge < -0.3 is 14.7 Å². The van der Waals surface area contributed by atoms with Crippen LogP contribution in [-0.2, 0) is 17.6 Å². The van der Waals surface area contributed by atoms with Crippen molar-refractivity contribution >= 4 is 23.4 Å². The molecule has 0 saturated heterocycles. The highest BCUT2D eigenvalue weighted by Crippen LogP contribution is 2.26. The Kier molecular flexibility index (Phi) is 3.86. The lowest BCUT2D eigenvalue weighted by Crippen LogP contribution is -2.33. The molecule has 6 heteroatoms. The third kappa shape index (κ3) is 2.64. The molecule has 0 atom stereocenters. The fourth-order valence-corrected chi connectivity index (χ4v) is 3.04. The molecule has 0 bridgehead atoms. The van der Waals surface area contributed by atoms with Crippen molar-refractivity contribution in [1.29, 1.82) is 0 Å². The SMILES string of the molecule is CCOC(=O)N1CCc2cc(C(=O)O)sc2CC1. The second kappa shape index (κ2) is 5.39. The molecule has 0 aromatic carbocycles. The van der Waals surface area contributed by atoms with Crippen molar-refractivity contribution in [2.75, 3.05) is 19.7 Å². The maximum absolute atomic E-state index is 11.6. The summed E-state index contributed by atoms with van der Waals surface area (Å²) in [6.45, 7) is 3.33. The van der Waals surface area contributed by atoms with Gasteiger partial charge >= 0.3 is 12.1 Å². The average molecular weight is 269 g/mol. The van der Waals surface area contributed by atoms with Crippen LogP contribution in [0.25, 0.3) is 0 Å². The van der Waals surface area contributed by atoms with Crippen LogP contribution >= 0.6 is 11.3 Å². The summed E-state index contributed by atoms with van der Waals surface area (Å²) in [7, 11) is 0. The van der Waals surface area contributed by atoms with Crippen LogP contribution < -0.4 is 0 Å². The summed E-state index contributed by atoms with van der Waals surface area (Å²) in [5.74, 6) is -0.879. The number of hydrogen-bond acceptors (Lipinski definition) is 4. The molecule has 1 amide bonds. The van der Waals surface area contributed by atoms with Crippen LogP contribution in [0.1, 0.15) is 27.0 Å². The molecular weight excluding hydrogens is 254 g/mol. The molecule has 0 unspecified atom stereocenters. The molecule has 0 spiro atoms. The normalized spacial score (nSPS) is 14.8. The maximum Gasteiger partial charge on any atom is 0.409 e. The minimum atomic E-state index is -0.879. The molecule has 1 aliphatic rings. The summed E-state index contributed by atoms with van der Waals surface area (Å²) in [6.07, 6.45) is 1.11. The Morgan fingerprint density at radius 2 is 2.17 bits per heavy atom. The number of carboxylic acids is 1. The molecule has 0 radical (unpaired) electrons. The highest BCUT2D eigenvalue weighted by molar-refractivity contribution is 7.14. The first-order valence-corrected chi connectivity index (χ1v) is 6.70. The second-order valence-electron chi connectivity index (χ2n) is 4.05. The molecule has 1 N–H and O–H groups in total. The molecule has 18 heavy (non-hydrogen) atoms. The van der Waals surface area contributed by atoms with E-state index in [-0.39, 0.29) is 6.09 Å². The minimum absolute atomic E-state index is 0.286. The van der Waals surface area contributed by atoms with E-state index < -0.39 is 5.97 Å². The number of thiophene rings is 1. The van der Waals surface area contributed by atoms with Gasteiger partial charge in [-0.2, -0.15) is 0 Å². The van der Waals surface area contributed by atoms with Crippen molar-refractivity contribution in [3.63, 3.8) is 0 Å². The van der Waals surface area contributed by atoms with E-state index in [0.29, 0.717) is 37.4 Å². The molecule has 0 saturated carbocycles. The summed E-state index contributed by atoms with van der Waals surface area (Å²) in [4.78, 5) is 25.6. The van der Waals surface area contributed by atoms with E-state index in [9.17, 15) is 9.59 Å². The zero-order valence-corrected chi connectivity index (χ0v) is 11.0. The quantitative estimate of drug-likeness (QED) is 0.891. The first-order valence-electron chi connectivity index (χ1n) is 5.88. The first kappa shape index (κ1) is 12.9. The topological polar surface area (TPSA) is 66.8 Å². The van der Waals surface area contributed by atoms with E-state index in [1.165, 1.54) is 11.3 Å². The zero-order valence-electron chi connectivity index (χ0n) is 10.1. The number of ether oxygens (including phenoxy) is 1. The third-order valence-corrected chi connectivity index (χ3v) is 4.12. The summed E-state index contributed by atoms with van der Waals surface area (Å²) in [6, 6.07) is 1.72. The molecule has 98 valence electrons. The molecule has 2 rings (SSSR count). The molecule has 5 nitrogen and oxygen atoms in total. The molecule has 1 aromatic rings. The Labute approximate surface area is 109 Å². The second-order valence-corrected chi connectivity index (χ2v) is 5.19. The lowest BCUT2D eigenvalue weighted by atomic mass is 10.1. The Hall–Kier alpha value is -1.56. The smallest absolute Gasteiger partial charge is 0.409 e. The van der Waals surface area contributed by atoms with Crippen molar-refractivity contribution in [2.45, 2.75) is 19.8 Å². The number of carbonyl (C=O) groups is 2. The third-order valence-electron chi connectivity index (χ3n) is 2.89. The Morgan fingerprint density at radius 3 is 2.83 bits per heavy atom. The predicted molar refractivity (Wildman–Crippen MR) is 67.3 cm³/mol. The van der Waals surface area contributed by atoms with Crippen LogP contribution in [0.5, 0.6) is 0 Å². The Morgan fingerprint density at radius 1 is 1.44 bits per heavy atom. The van der Waals surface area contributed by atoms with E-state index in [0.717, 1.165) is 10.4 Å². The monoisotopic (exact) mass is 269 g/mol. The van der Waals surface area contributed by atoms with Crippen LogP contribution in [0.3, 0.4) is 0 Å². The van der Waals surface area contributed by atoms with Gasteiger partial charge in [0.1, 0.15) is 4.88 Å². The number of hydrogen-bond donors (Lipinski definition) is 1. The van der Waals surface area contributed by atoms with E-state index in [2.05, 4.69) is 0 Å². The highest BCUT2D eigenvalue weighted by Gasteiger charge is 2.22. The largest absolute Gasteiger partial charge is 0.477 e. The lowest BCUT2D eigenvalue weighted by molar-refractivity contribution is 0.0701. The number of rotatable bonds is 2. The van der Waals surface area contributed by atoms with Crippen LogP contribution in [0.2, 0.25) is 0 Å². The van der Waals surface area contributed by atoms with Gasteiger partial charge in [0, 0.05) is 18.0 Å². The number of aromatic carboxylic acids is 1. The average Bonchev–Trinajstić information content (AvgIpc) is 2.64. The fraction of sp³-hybridized carbons (Fsp3) is 0.500. The molecule has 2 heterocycles. The number of nitrogens with zero attached hydrogens (tertiary/aromatic N) is 1. The summed E-state index contributed by atoms with van der Waals surface area (Å²) in [5, 5.41) is 8.94. The van der Waals surface area contributed by atoms with Gasteiger partial charge in [0.05, 0.1) is 6.61 Å². The van der Waals surface area contributed by atoms with Crippen molar-refractivity contribution in [2.24, 2.45) is 0 Å². The highest BCUT2D eigenvalue weighted by atomic mass is 32.1. The lowest BCUT2D eigenvalue weighted by Gasteiger charge is -2.18. The molecule has 1 aromatic heterocycles. The van der Waals surface area contributed by atoms with Crippen molar-refractivity contribution < 1.29 is 19.4 Å². The minimum Gasteiger partial charge on any atom is -0.477 e. The van der Waals surface area contributed by atoms with Gasteiger partial charge in [-0.05, 0) is 31.4 Å². The number of fused-ring (bicyclic) bond motifs is 1. The standard InChI is InChI=1S/C12H15NO4S/c1-2-17-12(16)13-5-3-8-7-10(11(14)15)18-9(8)4-6-13/h7H,2-6H2,1H3,(H,14,15). The molecule has 1 aliphatic heterocycles. The number of carboxylic acid groups (broad SMARTS) is 1. The molecule has 0 fully saturated rings. The molecule has 0 aliphatic carbocycles. The van der Waals surface area contributed by atoms with Gasteiger partial charge in [0.2, 0.25) is 0 Å². The van der Waals surface area contributed by atoms with Gasteiger partial charge in [0.15, 0.2) is 0 Å². The van der Waals surface area contributed by atoms with Crippen molar-refractivity contribution in [1.82, 2.24) is 4.90 Å². The summed E-state index contributed by atoms with van der Waals surface area (Å²) in [5.41, 5.74) is 1.05. The van der Waals surface area contributed by atoms with Gasteiger partial charge in [-0.1, -0.05) is 0 Å². The predicted octanol–water partition coefficient (Wildman–Crippen LogP) is 2.00. The number of carbonyl (C=O) groups excluding carboxylic acids is 1. The van der Waals surface area contributed by atoms with Crippen molar-refractivity contribution in [3.05, 3.63) is 21.4 Å². The van der Waals surface area contributed by atoms with Gasteiger partial charge in [-0.25, -0.2) is 9.59 Å². The summed E-state index contributed by atoms with van der Waals surface area (Å²) >= 11 is 1.31. The van der Waals surface area contributed by atoms with Crippen LogP contribution in [0.4, 0.5) is 4.79 Å². The molecular formula is C12H15NO4S.